The Balaban J connectivity index is 2.92. The second kappa shape index (κ2) is 10.3. The van der Waals surface area contributed by atoms with Gasteiger partial charge in [0, 0.05) is 0 Å². The summed E-state index contributed by atoms with van der Waals surface area (Å²) in [5.41, 5.74) is -0.138. The second-order valence-corrected chi connectivity index (χ2v) is 9.63. The monoisotopic (exact) mass is 452 g/mol. The van der Waals surface area contributed by atoms with Crippen molar-refractivity contribution in [3.63, 3.8) is 0 Å². The first-order valence-corrected chi connectivity index (χ1v) is 9.60. The molecule has 0 saturated carbocycles. The van der Waals surface area contributed by atoms with Crippen molar-refractivity contribution >= 4 is 52.7 Å². The van der Waals surface area contributed by atoms with Crippen LogP contribution in [0, 0.1) is 11.8 Å². The highest BCUT2D eigenvalue weighted by Gasteiger charge is 2.42. The normalized spacial score (nSPS) is 14.0. The third-order valence-electron chi connectivity index (χ3n) is 3.39. The molecule has 28 heavy (non-hydrogen) atoms. The summed E-state index contributed by atoms with van der Waals surface area (Å²) in [4.78, 5) is 37.4. The molecule has 0 aromatic heterocycles. The van der Waals surface area contributed by atoms with Crippen LogP contribution < -0.4 is 0 Å². The van der Waals surface area contributed by atoms with Crippen molar-refractivity contribution < 1.29 is 28.6 Å². The predicted octanol–water partition coefficient (Wildman–Crippen LogP) is 4.24. The van der Waals surface area contributed by atoms with Gasteiger partial charge in [0.05, 0.1) is 5.92 Å². The molecule has 0 aliphatic carbocycles. The Morgan fingerprint density at radius 2 is 1.50 bits per heavy atom. The predicted molar refractivity (Wildman–Crippen MR) is 106 cm³/mol. The maximum Gasteiger partial charge on any atom is 0.321 e. The van der Waals surface area contributed by atoms with E-state index in [1.165, 1.54) is 6.92 Å². The van der Waals surface area contributed by atoms with E-state index in [1.807, 2.05) is 6.07 Å². The molecule has 6 nitrogen and oxygen atoms in total. The van der Waals surface area contributed by atoms with Gasteiger partial charge in [-0.2, -0.15) is 0 Å². The van der Waals surface area contributed by atoms with Crippen LogP contribution in [0.4, 0.5) is 0 Å². The zero-order valence-electron chi connectivity index (χ0n) is 16.0. The lowest BCUT2D eigenvalue weighted by atomic mass is 9.94. The van der Waals surface area contributed by atoms with Gasteiger partial charge in [0.15, 0.2) is 5.92 Å². The van der Waals surface area contributed by atoms with Crippen LogP contribution in [0.5, 0.6) is 0 Å². The van der Waals surface area contributed by atoms with E-state index in [1.54, 1.807) is 45.0 Å². The van der Waals surface area contributed by atoms with Crippen molar-refractivity contribution in [3.05, 3.63) is 35.9 Å². The maximum atomic E-state index is 12.6. The van der Waals surface area contributed by atoms with E-state index in [-0.39, 0.29) is 6.61 Å². The molecule has 0 spiro atoms. The first-order chi connectivity index (χ1) is 12.8. The van der Waals surface area contributed by atoms with Gasteiger partial charge in [-0.05, 0) is 26.3 Å². The molecular weight excluding hydrogens is 431 g/mol. The van der Waals surface area contributed by atoms with Crippen LogP contribution in [0.1, 0.15) is 33.3 Å². The highest BCUT2D eigenvalue weighted by atomic mass is 35.6. The van der Waals surface area contributed by atoms with E-state index in [0.717, 1.165) is 5.56 Å². The van der Waals surface area contributed by atoms with Gasteiger partial charge in [0.1, 0.15) is 18.8 Å². The molecular formula is C19H23Cl3O6. The summed E-state index contributed by atoms with van der Waals surface area (Å²) in [5, 5.41) is 0. The molecule has 0 bridgehead atoms. The van der Waals surface area contributed by atoms with E-state index >= 15 is 0 Å². The minimum Gasteiger partial charge on any atom is -0.461 e. The Morgan fingerprint density at radius 1 is 0.929 bits per heavy atom. The molecule has 1 aromatic carbocycles. The van der Waals surface area contributed by atoms with Crippen molar-refractivity contribution in [3.8, 4) is 0 Å². The average molecular weight is 454 g/mol. The summed E-state index contributed by atoms with van der Waals surface area (Å²) in [6, 6.07) is 8.90. The highest BCUT2D eigenvalue weighted by molar-refractivity contribution is 6.67. The quantitative estimate of drug-likeness (QED) is 0.266. The summed E-state index contributed by atoms with van der Waals surface area (Å²) < 4.78 is 13.6. The molecule has 1 aromatic rings. The van der Waals surface area contributed by atoms with Gasteiger partial charge in [0.2, 0.25) is 3.79 Å². The van der Waals surface area contributed by atoms with Crippen LogP contribution in [0.2, 0.25) is 0 Å². The molecule has 0 amide bonds. The number of carbonyl (C=O) groups is 3. The van der Waals surface area contributed by atoms with E-state index in [2.05, 4.69) is 0 Å². The Morgan fingerprint density at radius 3 is 2.00 bits per heavy atom. The third-order valence-corrected chi connectivity index (χ3v) is 3.72. The second-order valence-electron chi connectivity index (χ2n) is 7.12. The SMILES string of the molecule is CC(C(=O)OCC(Cl)(Cl)Cl)C(C(=O)OCc1ccccc1)C(=O)OC(C)(C)C. The van der Waals surface area contributed by atoms with Gasteiger partial charge in [-0.25, -0.2) is 0 Å². The summed E-state index contributed by atoms with van der Waals surface area (Å²) in [6.07, 6.45) is 0. The van der Waals surface area contributed by atoms with Gasteiger partial charge >= 0.3 is 17.9 Å². The largest absolute Gasteiger partial charge is 0.461 e. The summed E-state index contributed by atoms with van der Waals surface area (Å²) in [7, 11) is 0. The van der Waals surface area contributed by atoms with Crippen molar-refractivity contribution in [2.24, 2.45) is 11.8 Å². The fraction of sp³-hybridized carbons (Fsp3) is 0.526. The maximum absolute atomic E-state index is 12.6. The molecule has 0 N–H and O–H groups in total. The zero-order valence-corrected chi connectivity index (χ0v) is 18.3. The minimum absolute atomic E-state index is 0.0606. The van der Waals surface area contributed by atoms with Crippen molar-refractivity contribution in [1.82, 2.24) is 0 Å². The molecule has 156 valence electrons. The Bertz CT molecular complexity index is 679. The van der Waals surface area contributed by atoms with Crippen LogP contribution in [0.25, 0.3) is 0 Å². The van der Waals surface area contributed by atoms with Crippen LogP contribution in [-0.2, 0) is 35.2 Å². The molecule has 9 heteroatoms. The van der Waals surface area contributed by atoms with Crippen molar-refractivity contribution in [2.45, 2.75) is 43.7 Å². The molecule has 1 rings (SSSR count). The smallest absolute Gasteiger partial charge is 0.321 e. The van der Waals surface area contributed by atoms with E-state index in [0.29, 0.717) is 0 Å². The lowest BCUT2D eigenvalue weighted by Gasteiger charge is -2.25. The average Bonchev–Trinajstić information content (AvgIpc) is 2.56. The number of rotatable bonds is 7. The number of hydrogen-bond acceptors (Lipinski definition) is 6. The molecule has 2 atom stereocenters. The lowest BCUT2D eigenvalue weighted by Crippen LogP contribution is -2.40. The molecule has 0 saturated heterocycles. The molecule has 0 heterocycles. The number of esters is 3. The summed E-state index contributed by atoms with van der Waals surface area (Å²) in [6.45, 7) is 5.68. The molecule has 0 radical (unpaired) electrons. The molecule has 0 aliphatic heterocycles. The van der Waals surface area contributed by atoms with Crippen molar-refractivity contribution in [2.75, 3.05) is 6.61 Å². The molecule has 0 fully saturated rings. The zero-order chi connectivity index (χ0) is 21.5. The van der Waals surface area contributed by atoms with Crippen LogP contribution >= 0.6 is 34.8 Å². The lowest BCUT2D eigenvalue weighted by molar-refractivity contribution is -0.177. The Labute approximate surface area is 179 Å². The van der Waals surface area contributed by atoms with E-state index < -0.39 is 45.7 Å². The number of ether oxygens (including phenoxy) is 3. The number of carbonyl (C=O) groups excluding carboxylic acids is 3. The van der Waals surface area contributed by atoms with E-state index in [4.69, 9.17) is 49.0 Å². The van der Waals surface area contributed by atoms with Gasteiger partial charge in [0.25, 0.3) is 0 Å². The first kappa shape index (κ1) is 24.5. The Kier molecular flexibility index (Phi) is 9.05. The third kappa shape index (κ3) is 9.13. The minimum atomic E-state index is -1.81. The fourth-order valence-corrected chi connectivity index (χ4v) is 2.27. The summed E-state index contributed by atoms with van der Waals surface area (Å²) >= 11 is 16.7. The van der Waals surface area contributed by atoms with Crippen LogP contribution in [-0.4, -0.2) is 33.9 Å². The number of hydrogen-bond donors (Lipinski definition) is 0. The van der Waals surface area contributed by atoms with Gasteiger partial charge < -0.3 is 14.2 Å². The number of halogens is 3. The Hall–Kier alpha value is -1.50. The van der Waals surface area contributed by atoms with Crippen LogP contribution in [0.15, 0.2) is 30.3 Å². The van der Waals surface area contributed by atoms with Gasteiger partial charge in [-0.15, -0.1) is 0 Å². The highest BCUT2D eigenvalue weighted by Crippen LogP contribution is 2.27. The summed E-state index contributed by atoms with van der Waals surface area (Å²) in [5.74, 6) is -5.42. The molecule has 0 aliphatic rings. The number of alkyl halides is 3. The topological polar surface area (TPSA) is 78.9 Å². The first-order valence-electron chi connectivity index (χ1n) is 8.47. The van der Waals surface area contributed by atoms with Crippen molar-refractivity contribution in [1.29, 1.82) is 0 Å². The number of benzene rings is 1. The molecule has 2 unspecified atom stereocenters. The van der Waals surface area contributed by atoms with Gasteiger partial charge in [-0.3, -0.25) is 14.4 Å². The van der Waals surface area contributed by atoms with Gasteiger partial charge in [-0.1, -0.05) is 72.1 Å². The van der Waals surface area contributed by atoms with E-state index in [9.17, 15) is 14.4 Å². The van der Waals surface area contributed by atoms with Crippen LogP contribution in [0.3, 0.4) is 0 Å². The standard InChI is InChI=1S/C19H23Cl3O6/c1-12(15(23)27-11-19(20,21)22)14(17(25)28-18(2,3)4)16(24)26-10-13-8-6-5-7-9-13/h5-9,12,14H,10-11H2,1-4H3. The fourth-order valence-electron chi connectivity index (χ4n) is 2.11.